The van der Waals surface area contributed by atoms with Crippen LogP contribution in [0.2, 0.25) is 5.02 Å². The Labute approximate surface area is 120 Å². The Morgan fingerprint density at radius 3 is 2.65 bits per heavy atom. The Bertz CT molecular complexity index is 827. The van der Waals surface area contributed by atoms with Crippen molar-refractivity contribution in [3.63, 3.8) is 0 Å². The first kappa shape index (κ1) is 12.4. The number of hydrogen-bond acceptors (Lipinski definition) is 4. The first-order valence-electron chi connectivity index (χ1n) is 5.86. The minimum atomic E-state index is 0.228. The van der Waals surface area contributed by atoms with E-state index in [-0.39, 0.29) is 5.69 Å². The lowest BCUT2D eigenvalue weighted by Gasteiger charge is -2.09. The van der Waals surface area contributed by atoms with Crippen molar-refractivity contribution < 1.29 is 4.74 Å². The zero-order chi connectivity index (χ0) is 13.9. The molecule has 0 fully saturated rings. The van der Waals surface area contributed by atoms with E-state index in [4.69, 9.17) is 21.6 Å². The molecule has 0 unspecified atom stereocenters. The van der Waals surface area contributed by atoms with Gasteiger partial charge >= 0.3 is 0 Å². The largest absolute Gasteiger partial charge is 0.452 e. The third-order valence-corrected chi connectivity index (χ3v) is 3.11. The van der Waals surface area contributed by atoms with Crippen LogP contribution in [0.15, 0.2) is 48.8 Å². The van der Waals surface area contributed by atoms with E-state index in [9.17, 15) is 0 Å². The summed E-state index contributed by atoms with van der Waals surface area (Å²) in [5, 5.41) is 10.4. The molecule has 1 aromatic carbocycles. The molecule has 0 aliphatic heterocycles. The van der Waals surface area contributed by atoms with E-state index >= 15 is 0 Å². The summed E-state index contributed by atoms with van der Waals surface area (Å²) in [5.74, 6) is 0.929. The number of rotatable bonds is 2. The van der Waals surface area contributed by atoms with Crippen LogP contribution in [-0.4, -0.2) is 9.97 Å². The predicted molar refractivity (Wildman–Crippen MR) is 75.8 cm³/mol. The molecule has 0 N–H and O–H groups in total. The van der Waals surface area contributed by atoms with Gasteiger partial charge in [0.05, 0.1) is 5.02 Å². The second-order valence-corrected chi connectivity index (χ2v) is 4.42. The SMILES string of the molecule is N#Cc1ncccc1Oc1ccc(Cl)c2cccnc12. The number of ether oxygens (including phenoxy) is 1. The van der Waals surface area contributed by atoms with Gasteiger partial charge in [-0.1, -0.05) is 11.6 Å². The molecule has 0 amide bonds. The van der Waals surface area contributed by atoms with Crippen LogP contribution in [-0.2, 0) is 0 Å². The maximum absolute atomic E-state index is 9.02. The van der Waals surface area contributed by atoms with Crippen molar-refractivity contribution in [3.05, 3.63) is 59.5 Å². The van der Waals surface area contributed by atoms with Crippen LogP contribution in [0, 0.1) is 11.3 Å². The Morgan fingerprint density at radius 1 is 1.00 bits per heavy atom. The van der Waals surface area contributed by atoms with Crippen LogP contribution < -0.4 is 4.74 Å². The van der Waals surface area contributed by atoms with Crippen molar-refractivity contribution in [2.45, 2.75) is 0 Å². The molecular formula is C15H8ClN3O. The lowest BCUT2D eigenvalue weighted by atomic mass is 10.2. The van der Waals surface area contributed by atoms with Crippen LogP contribution in [0.25, 0.3) is 10.9 Å². The maximum Gasteiger partial charge on any atom is 0.183 e. The highest BCUT2D eigenvalue weighted by atomic mass is 35.5. The van der Waals surface area contributed by atoms with Crippen molar-refractivity contribution in [2.24, 2.45) is 0 Å². The lowest BCUT2D eigenvalue weighted by Crippen LogP contribution is -1.92. The molecule has 20 heavy (non-hydrogen) atoms. The van der Waals surface area contributed by atoms with E-state index in [1.807, 2.05) is 18.2 Å². The van der Waals surface area contributed by atoms with E-state index in [1.54, 1.807) is 36.7 Å². The first-order chi connectivity index (χ1) is 9.79. The van der Waals surface area contributed by atoms with Crippen LogP contribution in [0.1, 0.15) is 5.69 Å². The topological polar surface area (TPSA) is 58.8 Å². The molecule has 0 atom stereocenters. The average molecular weight is 282 g/mol. The molecule has 2 aromatic heterocycles. The maximum atomic E-state index is 9.02. The van der Waals surface area contributed by atoms with Gasteiger partial charge in [0.2, 0.25) is 0 Å². The van der Waals surface area contributed by atoms with Crippen LogP contribution in [0.4, 0.5) is 0 Å². The standard InChI is InChI=1S/C15H8ClN3O/c16-11-5-6-14(15-10(11)3-1-8-19-15)20-13-4-2-7-18-12(13)9-17/h1-8H. The summed E-state index contributed by atoms with van der Waals surface area (Å²) in [6.07, 6.45) is 3.21. The van der Waals surface area contributed by atoms with Crippen LogP contribution in [0.3, 0.4) is 0 Å². The summed E-state index contributed by atoms with van der Waals surface area (Å²) < 4.78 is 5.76. The molecule has 3 rings (SSSR count). The molecular weight excluding hydrogens is 274 g/mol. The van der Waals surface area contributed by atoms with Gasteiger partial charge in [-0.05, 0) is 36.4 Å². The molecule has 0 aliphatic carbocycles. The minimum Gasteiger partial charge on any atom is -0.452 e. The van der Waals surface area contributed by atoms with E-state index in [2.05, 4.69) is 9.97 Å². The third-order valence-electron chi connectivity index (χ3n) is 2.78. The molecule has 4 nitrogen and oxygen atoms in total. The Hall–Kier alpha value is -2.64. The van der Waals surface area contributed by atoms with Gasteiger partial charge in [0.1, 0.15) is 11.6 Å². The first-order valence-corrected chi connectivity index (χ1v) is 6.23. The molecule has 0 saturated carbocycles. The molecule has 0 radical (unpaired) electrons. The fourth-order valence-corrected chi connectivity index (χ4v) is 2.09. The summed E-state index contributed by atoms with van der Waals surface area (Å²) in [6, 6.07) is 12.5. The van der Waals surface area contributed by atoms with Crippen LogP contribution in [0.5, 0.6) is 11.5 Å². The Morgan fingerprint density at radius 2 is 1.80 bits per heavy atom. The van der Waals surface area contributed by atoms with E-state index in [1.165, 1.54) is 0 Å². The number of nitriles is 1. The van der Waals surface area contributed by atoms with Crippen LogP contribution >= 0.6 is 11.6 Å². The van der Waals surface area contributed by atoms with Crippen molar-refractivity contribution in [1.82, 2.24) is 9.97 Å². The van der Waals surface area contributed by atoms with E-state index < -0.39 is 0 Å². The van der Waals surface area contributed by atoms with Crippen molar-refractivity contribution >= 4 is 22.5 Å². The number of nitrogens with zero attached hydrogens (tertiary/aromatic N) is 3. The summed E-state index contributed by atoms with van der Waals surface area (Å²) >= 11 is 6.13. The normalized spacial score (nSPS) is 10.2. The zero-order valence-electron chi connectivity index (χ0n) is 10.2. The molecule has 2 heterocycles. The fourth-order valence-electron chi connectivity index (χ4n) is 1.87. The van der Waals surface area contributed by atoms with Crippen molar-refractivity contribution in [2.75, 3.05) is 0 Å². The van der Waals surface area contributed by atoms with Crippen molar-refractivity contribution in [1.29, 1.82) is 5.26 Å². The molecule has 96 valence electrons. The lowest BCUT2D eigenvalue weighted by molar-refractivity contribution is 0.483. The smallest absolute Gasteiger partial charge is 0.183 e. The van der Waals surface area contributed by atoms with E-state index in [0.717, 1.165) is 5.39 Å². The Kier molecular flexibility index (Phi) is 3.20. The number of fused-ring (bicyclic) bond motifs is 1. The zero-order valence-corrected chi connectivity index (χ0v) is 11.0. The molecule has 0 aliphatic rings. The number of pyridine rings is 2. The van der Waals surface area contributed by atoms with Gasteiger partial charge in [-0.3, -0.25) is 4.98 Å². The second kappa shape index (κ2) is 5.16. The molecule has 0 bridgehead atoms. The van der Waals surface area contributed by atoms with Gasteiger partial charge in [0, 0.05) is 17.8 Å². The second-order valence-electron chi connectivity index (χ2n) is 4.01. The van der Waals surface area contributed by atoms with Gasteiger partial charge in [-0.25, -0.2) is 4.98 Å². The van der Waals surface area contributed by atoms with Gasteiger partial charge < -0.3 is 4.74 Å². The van der Waals surface area contributed by atoms with E-state index in [0.29, 0.717) is 22.0 Å². The highest BCUT2D eigenvalue weighted by Gasteiger charge is 2.10. The monoisotopic (exact) mass is 281 g/mol. The van der Waals surface area contributed by atoms with Gasteiger partial charge in [0.25, 0.3) is 0 Å². The highest BCUT2D eigenvalue weighted by Crippen LogP contribution is 2.33. The molecule has 3 aromatic rings. The number of hydrogen-bond donors (Lipinski definition) is 0. The quantitative estimate of drug-likeness (QED) is 0.714. The fraction of sp³-hybridized carbons (Fsp3) is 0. The highest BCUT2D eigenvalue weighted by molar-refractivity contribution is 6.35. The molecule has 0 saturated heterocycles. The van der Waals surface area contributed by atoms with Crippen molar-refractivity contribution in [3.8, 4) is 17.6 Å². The average Bonchev–Trinajstić information content (AvgIpc) is 2.51. The Balaban J connectivity index is 2.12. The summed E-state index contributed by atoms with van der Waals surface area (Å²) in [5.41, 5.74) is 0.874. The summed E-state index contributed by atoms with van der Waals surface area (Å²) in [4.78, 5) is 8.24. The predicted octanol–water partition coefficient (Wildman–Crippen LogP) is 3.95. The third kappa shape index (κ3) is 2.15. The number of aromatic nitrogens is 2. The van der Waals surface area contributed by atoms with Gasteiger partial charge in [0.15, 0.2) is 17.2 Å². The minimum absolute atomic E-state index is 0.228. The molecule has 5 heteroatoms. The molecule has 0 spiro atoms. The summed E-state index contributed by atoms with van der Waals surface area (Å²) in [6.45, 7) is 0. The van der Waals surface area contributed by atoms with Gasteiger partial charge in [-0.2, -0.15) is 5.26 Å². The number of benzene rings is 1. The summed E-state index contributed by atoms with van der Waals surface area (Å²) in [7, 11) is 0. The van der Waals surface area contributed by atoms with Gasteiger partial charge in [-0.15, -0.1) is 0 Å². The number of halogens is 1.